The lowest BCUT2D eigenvalue weighted by Crippen LogP contribution is -2.51. The topological polar surface area (TPSA) is 61.4 Å². The first-order valence-corrected chi connectivity index (χ1v) is 9.81. The van der Waals surface area contributed by atoms with Gasteiger partial charge in [0.15, 0.2) is 0 Å². The number of likely N-dealkylation sites (tertiary alicyclic amines) is 1. The monoisotopic (exact) mass is 347 g/mol. The molecule has 2 aliphatic rings. The standard InChI is InChI=1S/C18H25N3O2S/c22-17(7-6-14-4-2-1-3-5-14)20-15-8-10-21(11-9-15)18(23)16-12-24-13-19-16/h1-5,15-16,19H,6-13H2,(H,20,22). The van der Waals surface area contributed by atoms with Gasteiger partial charge >= 0.3 is 0 Å². The Morgan fingerprint density at radius 3 is 2.62 bits per heavy atom. The number of rotatable bonds is 5. The molecule has 0 spiro atoms. The highest BCUT2D eigenvalue weighted by atomic mass is 32.2. The second-order valence-corrected chi connectivity index (χ2v) is 7.45. The van der Waals surface area contributed by atoms with Crippen molar-refractivity contribution in [1.29, 1.82) is 0 Å². The van der Waals surface area contributed by atoms with E-state index < -0.39 is 0 Å². The van der Waals surface area contributed by atoms with Crippen molar-refractivity contribution in [2.24, 2.45) is 0 Å². The molecule has 0 aliphatic carbocycles. The zero-order valence-electron chi connectivity index (χ0n) is 13.9. The van der Waals surface area contributed by atoms with Crippen LogP contribution in [0.5, 0.6) is 0 Å². The molecule has 6 heteroatoms. The quantitative estimate of drug-likeness (QED) is 0.845. The Bertz CT molecular complexity index is 553. The van der Waals surface area contributed by atoms with Gasteiger partial charge in [-0.1, -0.05) is 30.3 Å². The summed E-state index contributed by atoms with van der Waals surface area (Å²) in [7, 11) is 0. The van der Waals surface area contributed by atoms with Gasteiger partial charge in [-0.25, -0.2) is 0 Å². The molecule has 0 aromatic heterocycles. The second kappa shape index (κ2) is 8.53. The molecule has 2 amide bonds. The number of nitrogens with zero attached hydrogens (tertiary/aromatic N) is 1. The molecule has 2 fully saturated rings. The molecule has 24 heavy (non-hydrogen) atoms. The fourth-order valence-corrected chi connectivity index (χ4v) is 4.15. The van der Waals surface area contributed by atoms with Gasteiger partial charge in [0.2, 0.25) is 11.8 Å². The minimum Gasteiger partial charge on any atom is -0.353 e. The van der Waals surface area contributed by atoms with Gasteiger partial charge in [-0.2, -0.15) is 0 Å². The van der Waals surface area contributed by atoms with Gasteiger partial charge in [0, 0.05) is 37.2 Å². The Labute approximate surface area is 147 Å². The smallest absolute Gasteiger partial charge is 0.240 e. The van der Waals surface area contributed by atoms with E-state index >= 15 is 0 Å². The Morgan fingerprint density at radius 2 is 1.96 bits per heavy atom. The molecule has 1 aromatic carbocycles. The molecule has 2 saturated heterocycles. The fourth-order valence-electron chi connectivity index (χ4n) is 3.22. The summed E-state index contributed by atoms with van der Waals surface area (Å²) in [5, 5.41) is 6.35. The molecule has 1 atom stereocenters. The number of hydrogen-bond acceptors (Lipinski definition) is 4. The van der Waals surface area contributed by atoms with E-state index in [9.17, 15) is 9.59 Å². The minimum atomic E-state index is -0.0213. The van der Waals surface area contributed by atoms with Gasteiger partial charge in [0.25, 0.3) is 0 Å². The zero-order chi connectivity index (χ0) is 16.8. The molecule has 0 radical (unpaired) electrons. The van der Waals surface area contributed by atoms with Crippen LogP contribution in [0.15, 0.2) is 30.3 Å². The van der Waals surface area contributed by atoms with Crippen molar-refractivity contribution >= 4 is 23.6 Å². The molecular weight excluding hydrogens is 322 g/mol. The van der Waals surface area contributed by atoms with E-state index in [1.54, 1.807) is 11.8 Å². The summed E-state index contributed by atoms with van der Waals surface area (Å²) in [5.74, 6) is 2.06. The Morgan fingerprint density at radius 1 is 1.21 bits per heavy atom. The van der Waals surface area contributed by atoms with Crippen molar-refractivity contribution in [3.8, 4) is 0 Å². The number of hydrogen-bond donors (Lipinski definition) is 2. The second-order valence-electron chi connectivity index (χ2n) is 6.42. The van der Waals surface area contributed by atoms with Crippen LogP contribution in [0.25, 0.3) is 0 Å². The summed E-state index contributed by atoms with van der Waals surface area (Å²) in [5.41, 5.74) is 1.19. The van der Waals surface area contributed by atoms with Gasteiger partial charge < -0.3 is 10.2 Å². The van der Waals surface area contributed by atoms with E-state index in [2.05, 4.69) is 10.6 Å². The molecule has 3 rings (SSSR count). The summed E-state index contributed by atoms with van der Waals surface area (Å²) in [6.45, 7) is 1.48. The van der Waals surface area contributed by atoms with Crippen LogP contribution in [-0.4, -0.2) is 53.5 Å². The Hall–Kier alpha value is -1.53. The van der Waals surface area contributed by atoms with Crippen LogP contribution in [-0.2, 0) is 16.0 Å². The maximum Gasteiger partial charge on any atom is 0.240 e. The minimum absolute atomic E-state index is 0.0213. The number of aryl methyl sites for hydroxylation is 1. The SMILES string of the molecule is O=C(CCc1ccccc1)NC1CCN(C(=O)C2CSCN2)CC1. The van der Waals surface area contributed by atoms with Crippen LogP contribution in [0.1, 0.15) is 24.8 Å². The number of carbonyl (C=O) groups excluding carboxylic acids is 2. The van der Waals surface area contributed by atoms with Crippen molar-refractivity contribution in [2.45, 2.75) is 37.8 Å². The summed E-state index contributed by atoms with van der Waals surface area (Å²) in [6, 6.07) is 10.3. The van der Waals surface area contributed by atoms with E-state index in [4.69, 9.17) is 0 Å². The first-order chi connectivity index (χ1) is 11.7. The third-order valence-corrected chi connectivity index (χ3v) is 5.61. The summed E-state index contributed by atoms with van der Waals surface area (Å²) in [4.78, 5) is 26.4. The molecule has 2 heterocycles. The summed E-state index contributed by atoms with van der Waals surface area (Å²) >= 11 is 1.77. The molecule has 2 N–H and O–H groups in total. The lowest BCUT2D eigenvalue weighted by atomic mass is 10.0. The average Bonchev–Trinajstić information content (AvgIpc) is 3.16. The van der Waals surface area contributed by atoms with Crippen LogP contribution < -0.4 is 10.6 Å². The fraction of sp³-hybridized carbons (Fsp3) is 0.556. The molecule has 130 valence electrons. The maximum atomic E-state index is 12.4. The predicted octanol–water partition coefficient (Wildman–Crippen LogP) is 1.39. The first kappa shape index (κ1) is 17.3. The maximum absolute atomic E-state index is 12.4. The van der Waals surface area contributed by atoms with Crippen LogP contribution in [0, 0.1) is 0 Å². The van der Waals surface area contributed by atoms with Crippen LogP contribution in [0.3, 0.4) is 0 Å². The van der Waals surface area contributed by atoms with Gasteiger partial charge in [0.05, 0.1) is 6.04 Å². The molecule has 0 saturated carbocycles. The summed E-state index contributed by atoms with van der Waals surface area (Å²) in [6.07, 6.45) is 2.99. The van der Waals surface area contributed by atoms with E-state index in [0.717, 1.165) is 44.0 Å². The number of benzene rings is 1. The molecule has 0 bridgehead atoms. The van der Waals surface area contributed by atoms with Gasteiger partial charge in [-0.3, -0.25) is 14.9 Å². The average molecular weight is 347 g/mol. The van der Waals surface area contributed by atoms with Crippen molar-refractivity contribution in [3.05, 3.63) is 35.9 Å². The van der Waals surface area contributed by atoms with Crippen LogP contribution in [0.2, 0.25) is 0 Å². The predicted molar refractivity (Wildman–Crippen MR) is 96.8 cm³/mol. The molecule has 1 unspecified atom stereocenters. The Kier molecular flexibility index (Phi) is 6.15. The van der Waals surface area contributed by atoms with Gasteiger partial charge in [-0.05, 0) is 24.8 Å². The summed E-state index contributed by atoms with van der Waals surface area (Å²) < 4.78 is 0. The van der Waals surface area contributed by atoms with Gasteiger partial charge in [0.1, 0.15) is 0 Å². The van der Waals surface area contributed by atoms with Crippen molar-refractivity contribution in [2.75, 3.05) is 24.7 Å². The normalized spacial score (nSPS) is 21.7. The van der Waals surface area contributed by atoms with Crippen molar-refractivity contribution in [1.82, 2.24) is 15.5 Å². The zero-order valence-corrected chi connectivity index (χ0v) is 14.7. The van der Waals surface area contributed by atoms with E-state index in [-0.39, 0.29) is 23.9 Å². The highest BCUT2D eigenvalue weighted by Gasteiger charge is 2.30. The molecule has 1 aromatic rings. The third kappa shape index (κ3) is 4.74. The van der Waals surface area contributed by atoms with Crippen LogP contribution >= 0.6 is 11.8 Å². The number of amides is 2. The Balaban J connectivity index is 1.37. The molecule has 5 nitrogen and oxygen atoms in total. The highest BCUT2D eigenvalue weighted by Crippen LogP contribution is 2.16. The molecule has 2 aliphatic heterocycles. The first-order valence-electron chi connectivity index (χ1n) is 8.65. The number of carbonyl (C=O) groups is 2. The van der Waals surface area contributed by atoms with Crippen LogP contribution in [0.4, 0.5) is 0 Å². The van der Waals surface area contributed by atoms with E-state index in [1.165, 1.54) is 5.56 Å². The lowest BCUT2D eigenvalue weighted by Gasteiger charge is -2.33. The van der Waals surface area contributed by atoms with E-state index in [1.807, 2.05) is 35.2 Å². The third-order valence-electron chi connectivity index (χ3n) is 4.67. The van der Waals surface area contributed by atoms with Crippen molar-refractivity contribution < 1.29 is 9.59 Å². The largest absolute Gasteiger partial charge is 0.353 e. The lowest BCUT2D eigenvalue weighted by molar-refractivity contribution is -0.133. The number of nitrogens with one attached hydrogen (secondary N) is 2. The van der Waals surface area contributed by atoms with Gasteiger partial charge in [-0.15, -0.1) is 11.8 Å². The number of thioether (sulfide) groups is 1. The van der Waals surface area contributed by atoms with Crippen molar-refractivity contribution in [3.63, 3.8) is 0 Å². The van der Waals surface area contributed by atoms with E-state index in [0.29, 0.717) is 6.42 Å². The molecular formula is C18H25N3O2S. The highest BCUT2D eigenvalue weighted by molar-refractivity contribution is 7.99. The number of piperidine rings is 1.